The number of nitrogens with zero attached hydrogens (tertiary/aromatic N) is 1. The maximum atomic E-state index is 12.8. The summed E-state index contributed by atoms with van der Waals surface area (Å²) in [5.74, 6) is -3.37. The number of carboxylic acids is 1. The number of hydrogen-bond donors (Lipinski definition) is 8. The van der Waals surface area contributed by atoms with Crippen LogP contribution in [0.5, 0.6) is 0 Å². The molecular weight excluding hydrogens is 450 g/mol. The third-order valence-electron chi connectivity index (χ3n) is 4.96. The molecule has 0 spiro atoms. The first kappa shape index (κ1) is 28.4. The van der Waals surface area contributed by atoms with Gasteiger partial charge in [-0.05, 0) is 31.7 Å². The van der Waals surface area contributed by atoms with E-state index in [4.69, 9.17) is 11.5 Å². The van der Waals surface area contributed by atoms with Gasteiger partial charge in [0.05, 0.1) is 12.4 Å². The van der Waals surface area contributed by atoms with Crippen molar-refractivity contribution in [1.29, 1.82) is 0 Å². The molecule has 13 heteroatoms. The number of hydrogen-bond acceptors (Lipinski definition) is 8. The molecule has 186 valence electrons. The highest BCUT2D eigenvalue weighted by Gasteiger charge is 2.30. The molecule has 0 aliphatic heterocycles. The predicted octanol–water partition coefficient (Wildman–Crippen LogP) is -1.47. The van der Waals surface area contributed by atoms with E-state index in [1.165, 1.54) is 6.33 Å². The highest BCUT2D eigenvalue weighted by Crippen LogP contribution is 2.07. The number of aliphatic carboxylic acids is 1. The zero-order chi connectivity index (χ0) is 25.0. The SMILES string of the molecule is CC(C)C(NC(=O)C(CCCCN)NC(=O)C(CS)NC(=O)C(N)Cc1cnc[nH]1)C(=O)O. The molecular formula is C20H35N7O5S. The Hall–Kier alpha value is -2.64. The van der Waals surface area contributed by atoms with Crippen LogP contribution < -0.4 is 27.4 Å². The Morgan fingerprint density at radius 2 is 1.73 bits per heavy atom. The lowest BCUT2D eigenvalue weighted by molar-refractivity contribution is -0.143. The highest BCUT2D eigenvalue weighted by molar-refractivity contribution is 7.80. The Kier molecular flexibility index (Phi) is 12.5. The molecule has 1 heterocycles. The van der Waals surface area contributed by atoms with E-state index >= 15 is 0 Å². The molecule has 0 radical (unpaired) electrons. The van der Waals surface area contributed by atoms with Gasteiger partial charge in [-0.2, -0.15) is 12.6 Å². The van der Waals surface area contributed by atoms with Crippen LogP contribution in [0.1, 0.15) is 38.8 Å². The number of aromatic amines is 1. The van der Waals surface area contributed by atoms with Crippen LogP contribution in [0.4, 0.5) is 0 Å². The standard InChI is InChI=1S/C20H35N7O5S/c1-11(2)16(20(31)32)27-18(29)14(5-3-4-6-21)25-19(30)15(9-33)26-17(28)13(22)7-12-8-23-10-24-12/h8,10-11,13-16,33H,3-7,9,21-22H2,1-2H3,(H,23,24)(H,25,30)(H,26,28)(H,27,29)(H,31,32). The summed E-state index contributed by atoms with van der Waals surface area (Å²) >= 11 is 4.13. The average Bonchev–Trinajstić information content (AvgIpc) is 3.27. The molecule has 0 bridgehead atoms. The van der Waals surface area contributed by atoms with Gasteiger partial charge in [0.15, 0.2) is 0 Å². The summed E-state index contributed by atoms with van der Waals surface area (Å²) in [7, 11) is 0. The Labute approximate surface area is 198 Å². The second-order valence-corrected chi connectivity index (χ2v) is 8.41. The van der Waals surface area contributed by atoms with Gasteiger partial charge in [0.1, 0.15) is 18.1 Å². The van der Waals surface area contributed by atoms with E-state index < -0.39 is 47.9 Å². The number of carbonyl (C=O) groups is 4. The number of thiol groups is 1. The number of rotatable bonds is 15. The van der Waals surface area contributed by atoms with Crippen molar-refractivity contribution in [1.82, 2.24) is 25.9 Å². The maximum Gasteiger partial charge on any atom is 0.326 e. The number of carboxylic acid groups (broad SMARTS) is 1. The number of nitrogens with one attached hydrogen (secondary N) is 4. The van der Waals surface area contributed by atoms with Gasteiger partial charge >= 0.3 is 5.97 Å². The molecule has 0 saturated carbocycles. The van der Waals surface area contributed by atoms with Crippen LogP contribution in [0.15, 0.2) is 12.5 Å². The molecule has 0 aliphatic carbocycles. The van der Waals surface area contributed by atoms with Crippen LogP contribution in [-0.2, 0) is 25.6 Å². The third-order valence-corrected chi connectivity index (χ3v) is 5.32. The van der Waals surface area contributed by atoms with Crippen molar-refractivity contribution in [3.63, 3.8) is 0 Å². The molecule has 33 heavy (non-hydrogen) atoms. The first-order chi connectivity index (χ1) is 15.6. The lowest BCUT2D eigenvalue weighted by Crippen LogP contribution is -2.58. The van der Waals surface area contributed by atoms with E-state index in [2.05, 4.69) is 38.5 Å². The average molecular weight is 486 g/mol. The van der Waals surface area contributed by atoms with Crippen LogP contribution >= 0.6 is 12.6 Å². The van der Waals surface area contributed by atoms with E-state index in [9.17, 15) is 24.3 Å². The van der Waals surface area contributed by atoms with Gasteiger partial charge in [0, 0.05) is 24.1 Å². The minimum Gasteiger partial charge on any atom is -0.480 e. The minimum atomic E-state index is -1.17. The quantitative estimate of drug-likeness (QED) is 0.108. The summed E-state index contributed by atoms with van der Waals surface area (Å²) in [5.41, 5.74) is 12.1. The Morgan fingerprint density at radius 1 is 1.09 bits per heavy atom. The van der Waals surface area contributed by atoms with Crippen molar-refractivity contribution in [2.24, 2.45) is 17.4 Å². The van der Waals surface area contributed by atoms with Crippen molar-refractivity contribution in [3.8, 4) is 0 Å². The fraction of sp³-hybridized carbons (Fsp3) is 0.650. The highest BCUT2D eigenvalue weighted by atomic mass is 32.1. The molecule has 1 aromatic heterocycles. The molecule has 0 fully saturated rings. The summed E-state index contributed by atoms with van der Waals surface area (Å²) in [6.45, 7) is 3.75. The number of H-pyrrole nitrogens is 1. The van der Waals surface area contributed by atoms with E-state index in [1.807, 2.05) is 0 Å². The second-order valence-electron chi connectivity index (χ2n) is 8.05. The van der Waals surface area contributed by atoms with Crippen LogP contribution in [0, 0.1) is 5.92 Å². The summed E-state index contributed by atoms with van der Waals surface area (Å²) in [6, 6.07) is -4.07. The molecule has 12 nitrogen and oxygen atoms in total. The van der Waals surface area contributed by atoms with E-state index in [1.54, 1.807) is 20.0 Å². The van der Waals surface area contributed by atoms with Crippen molar-refractivity contribution >= 4 is 36.3 Å². The zero-order valence-electron chi connectivity index (χ0n) is 18.9. The maximum absolute atomic E-state index is 12.8. The van der Waals surface area contributed by atoms with Gasteiger partial charge < -0.3 is 37.5 Å². The van der Waals surface area contributed by atoms with Crippen molar-refractivity contribution in [2.75, 3.05) is 12.3 Å². The van der Waals surface area contributed by atoms with Crippen LogP contribution in [-0.4, -0.2) is 75.2 Å². The van der Waals surface area contributed by atoms with Gasteiger partial charge in [-0.3, -0.25) is 14.4 Å². The Balaban J connectivity index is 2.81. The van der Waals surface area contributed by atoms with Crippen LogP contribution in [0.2, 0.25) is 0 Å². The number of unbranched alkanes of at least 4 members (excludes halogenated alkanes) is 1. The van der Waals surface area contributed by atoms with E-state index in [0.29, 0.717) is 25.1 Å². The molecule has 3 amide bonds. The first-order valence-corrected chi connectivity index (χ1v) is 11.4. The fourth-order valence-corrected chi connectivity index (χ4v) is 3.26. The van der Waals surface area contributed by atoms with E-state index in [0.717, 1.165) is 0 Å². The van der Waals surface area contributed by atoms with Gasteiger partial charge in [0.2, 0.25) is 17.7 Å². The number of carbonyl (C=O) groups excluding carboxylic acids is 3. The number of aromatic nitrogens is 2. The van der Waals surface area contributed by atoms with Crippen LogP contribution in [0.3, 0.4) is 0 Å². The summed E-state index contributed by atoms with van der Waals surface area (Å²) in [5, 5.41) is 16.9. The normalized spacial score (nSPS) is 14.7. The predicted molar refractivity (Wildman–Crippen MR) is 125 cm³/mol. The second kappa shape index (κ2) is 14.5. The van der Waals surface area contributed by atoms with Gasteiger partial charge in [-0.25, -0.2) is 9.78 Å². The monoisotopic (exact) mass is 485 g/mol. The molecule has 0 aromatic carbocycles. The van der Waals surface area contributed by atoms with Gasteiger partial charge in [0.25, 0.3) is 0 Å². The Bertz CT molecular complexity index is 775. The van der Waals surface area contributed by atoms with Crippen molar-refractivity contribution in [3.05, 3.63) is 18.2 Å². The molecule has 4 atom stereocenters. The largest absolute Gasteiger partial charge is 0.480 e. The first-order valence-electron chi connectivity index (χ1n) is 10.8. The van der Waals surface area contributed by atoms with Crippen molar-refractivity contribution in [2.45, 2.75) is 63.7 Å². The smallest absolute Gasteiger partial charge is 0.326 e. The van der Waals surface area contributed by atoms with E-state index in [-0.39, 0.29) is 24.5 Å². The topological polar surface area (TPSA) is 205 Å². The molecule has 9 N–H and O–H groups in total. The van der Waals surface area contributed by atoms with Gasteiger partial charge in [-0.15, -0.1) is 0 Å². The Morgan fingerprint density at radius 3 is 2.24 bits per heavy atom. The zero-order valence-corrected chi connectivity index (χ0v) is 19.8. The fourth-order valence-electron chi connectivity index (χ4n) is 3.00. The molecule has 1 rings (SSSR count). The number of imidazole rings is 1. The number of amides is 3. The lowest BCUT2D eigenvalue weighted by Gasteiger charge is -2.25. The van der Waals surface area contributed by atoms with Crippen molar-refractivity contribution < 1.29 is 24.3 Å². The molecule has 1 aromatic rings. The minimum absolute atomic E-state index is 0.0325. The summed E-state index contributed by atoms with van der Waals surface area (Å²) in [6.07, 6.45) is 4.63. The van der Waals surface area contributed by atoms with Crippen LogP contribution in [0.25, 0.3) is 0 Å². The molecule has 0 aliphatic rings. The molecule has 0 saturated heterocycles. The molecule has 4 unspecified atom stereocenters. The van der Waals surface area contributed by atoms with Gasteiger partial charge in [-0.1, -0.05) is 13.8 Å². The summed E-state index contributed by atoms with van der Waals surface area (Å²) in [4.78, 5) is 56.1. The third kappa shape index (κ3) is 9.80. The number of nitrogens with two attached hydrogens (primary N) is 2. The summed E-state index contributed by atoms with van der Waals surface area (Å²) < 4.78 is 0. The lowest BCUT2D eigenvalue weighted by atomic mass is 10.0.